The van der Waals surface area contributed by atoms with Gasteiger partial charge in [0.1, 0.15) is 0 Å². The van der Waals surface area contributed by atoms with E-state index in [1.54, 1.807) is 13.8 Å². The number of hydrogen-bond donors (Lipinski definition) is 0. The van der Waals surface area contributed by atoms with Gasteiger partial charge in [0, 0.05) is 54.8 Å². The van der Waals surface area contributed by atoms with Gasteiger partial charge in [-0.05, 0) is 47.9 Å². The summed E-state index contributed by atoms with van der Waals surface area (Å²) in [5.41, 5.74) is 1.28. The molecule has 2 saturated heterocycles. The molecule has 2 nitrogen and oxygen atoms in total. The van der Waals surface area contributed by atoms with Gasteiger partial charge in [-0.3, -0.25) is 9.59 Å². The molecule has 0 bridgehead atoms. The van der Waals surface area contributed by atoms with Gasteiger partial charge in [0.25, 0.3) is 0 Å². The highest BCUT2D eigenvalue weighted by Gasteiger charge is 2.28. The lowest BCUT2D eigenvalue weighted by Gasteiger charge is -2.14. The Balaban J connectivity index is 1.27. The Bertz CT molecular complexity index is 1090. The predicted octanol–water partition coefficient (Wildman–Crippen LogP) is 9.05. The Morgan fingerprint density at radius 3 is 1.55 bits per heavy atom. The van der Waals surface area contributed by atoms with Crippen LogP contribution in [-0.4, -0.2) is 64.4 Å². The molecule has 0 N–H and O–H groups in total. The van der Waals surface area contributed by atoms with Gasteiger partial charge in [0.15, 0.2) is 0 Å². The molecule has 2 aliphatic rings. The summed E-state index contributed by atoms with van der Waals surface area (Å²) in [6.07, 6.45) is 0. The molecule has 0 aromatic heterocycles. The number of carbonyl (C=O) groups excluding carboxylic acids is 2. The minimum absolute atomic E-state index is 0.122. The molecule has 2 heterocycles. The van der Waals surface area contributed by atoms with Gasteiger partial charge in [-0.15, -0.1) is 70.6 Å². The zero-order valence-electron chi connectivity index (χ0n) is 21.5. The normalized spacial score (nSPS) is 23.1. The Kier molecular flexibility index (Phi) is 12.8. The van der Waals surface area contributed by atoms with Crippen LogP contribution in [0, 0.1) is 0 Å². The van der Waals surface area contributed by atoms with Crippen molar-refractivity contribution in [2.24, 2.45) is 0 Å². The molecule has 2 aromatic carbocycles. The molecule has 0 aliphatic carbocycles. The molecule has 2 aromatic rings. The molecule has 2 aliphatic heterocycles. The summed E-state index contributed by atoms with van der Waals surface area (Å²) in [6, 6.07) is 13.4. The third kappa shape index (κ3) is 9.16. The van der Waals surface area contributed by atoms with Gasteiger partial charge < -0.3 is 0 Å². The first kappa shape index (κ1) is 31.3. The smallest absolute Gasteiger partial charge is 0.214 e. The van der Waals surface area contributed by atoms with Crippen molar-refractivity contribution >= 4 is 115 Å². The average molecular weight is 657 g/mol. The lowest BCUT2D eigenvalue weighted by atomic mass is 10.1. The van der Waals surface area contributed by atoms with Crippen molar-refractivity contribution in [1.29, 1.82) is 0 Å². The van der Waals surface area contributed by atoms with Crippen LogP contribution in [0.3, 0.4) is 0 Å². The fraction of sp³-hybridized carbons (Fsp3) is 0.429. The molecular weight excluding hydrogens is 625 g/mol. The van der Waals surface area contributed by atoms with Crippen molar-refractivity contribution < 1.29 is 9.59 Å². The monoisotopic (exact) mass is 656 g/mol. The summed E-state index contributed by atoms with van der Waals surface area (Å²) in [5.74, 6) is 6.13. The first-order valence-electron chi connectivity index (χ1n) is 12.3. The molecule has 10 heteroatoms. The Labute approximate surface area is 261 Å². The van der Waals surface area contributed by atoms with Crippen LogP contribution in [0.25, 0.3) is 10.8 Å². The highest BCUT2D eigenvalue weighted by molar-refractivity contribution is 8.23. The van der Waals surface area contributed by atoms with Gasteiger partial charge in [0.2, 0.25) is 10.2 Å². The quantitative estimate of drug-likeness (QED) is 0.163. The van der Waals surface area contributed by atoms with Gasteiger partial charge in [-0.25, -0.2) is 0 Å². The molecular formula is C28H32O2S8. The van der Waals surface area contributed by atoms with E-state index in [9.17, 15) is 9.59 Å². The summed E-state index contributed by atoms with van der Waals surface area (Å²) < 4.78 is 1.12. The number of carbonyl (C=O) groups is 2. The Morgan fingerprint density at radius 1 is 0.737 bits per heavy atom. The molecule has 0 amide bonds. The van der Waals surface area contributed by atoms with Crippen LogP contribution in [0.15, 0.2) is 70.5 Å². The molecule has 0 spiro atoms. The largest absolute Gasteiger partial charge is 0.282 e. The first-order chi connectivity index (χ1) is 18.3. The van der Waals surface area contributed by atoms with E-state index in [4.69, 9.17) is 0 Å². The second-order valence-corrected chi connectivity index (χ2v) is 19.2. The maximum absolute atomic E-state index is 11.9. The third-order valence-electron chi connectivity index (χ3n) is 5.72. The fourth-order valence-electron chi connectivity index (χ4n) is 3.76. The predicted molar refractivity (Wildman–Crippen MR) is 185 cm³/mol. The van der Waals surface area contributed by atoms with Crippen LogP contribution in [0.5, 0.6) is 0 Å². The average Bonchev–Trinajstić information content (AvgIpc) is 3.57. The zero-order valence-corrected chi connectivity index (χ0v) is 28.0. The van der Waals surface area contributed by atoms with Crippen LogP contribution in [0.2, 0.25) is 0 Å². The number of hydrogen-bond acceptors (Lipinski definition) is 10. The fourth-order valence-corrected chi connectivity index (χ4v) is 15.4. The Hall–Kier alpha value is 0.320. The molecule has 38 heavy (non-hydrogen) atoms. The number of benzene rings is 2. The van der Waals surface area contributed by atoms with Crippen LogP contribution in [0.4, 0.5) is 0 Å². The summed E-state index contributed by atoms with van der Waals surface area (Å²) in [4.78, 5) is 26.5. The molecule has 0 saturated carbocycles. The van der Waals surface area contributed by atoms with Crippen molar-refractivity contribution in [3.8, 4) is 0 Å². The summed E-state index contributed by atoms with van der Waals surface area (Å²) in [6.45, 7) is 11.1. The molecule has 4 rings (SSSR count). The van der Waals surface area contributed by atoms with E-state index >= 15 is 0 Å². The van der Waals surface area contributed by atoms with E-state index in [1.807, 2.05) is 70.6 Å². The lowest BCUT2D eigenvalue weighted by Crippen LogP contribution is -2.08. The molecule has 2 fully saturated rings. The third-order valence-corrected chi connectivity index (χ3v) is 18.2. The topological polar surface area (TPSA) is 34.1 Å². The second-order valence-electron chi connectivity index (χ2n) is 9.03. The summed E-state index contributed by atoms with van der Waals surface area (Å²) >= 11 is 14.9. The number of thioether (sulfide) groups is 8. The summed E-state index contributed by atoms with van der Waals surface area (Å²) in [5, 5.41) is 3.99. The standard InChI is InChI=1S/C28H32O2S8/c1-17(2)27(29)35-13-19-11-33-25(37-19)15-31-23-9-10-24(22-8-6-5-7-21(22)23)32-16-26-34-12-20(38-26)14-36-28(30)18(3)4/h5-10,19-20,25-26H,1,3,11-16H2,2,4H3. The maximum Gasteiger partial charge on any atom is 0.214 e. The van der Waals surface area contributed by atoms with Gasteiger partial charge in [-0.1, -0.05) is 60.9 Å². The molecule has 4 atom stereocenters. The van der Waals surface area contributed by atoms with Gasteiger partial charge >= 0.3 is 0 Å². The van der Waals surface area contributed by atoms with E-state index in [0.29, 0.717) is 30.8 Å². The molecule has 204 valence electrons. The van der Waals surface area contributed by atoms with Gasteiger partial charge in [0.05, 0.1) is 9.16 Å². The van der Waals surface area contributed by atoms with Crippen molar-refractivity contribution in [1.82, 2.24) is 0 Å². The Morgan fingerprint density at radius 2 is 1.16 bits per heavy atom. The minimum Gasteiger partial charge on any atom is -0.282 e. The van der Waals surface area contributed by atoms with Crippen LogP contribution in [-0.2, 0) is 9.59 Å². The van der Waals surface area contributed by atoms with Crippen molar-refractivity contribution in [3.05, 3.63) is 60.7 Å². The highest BCUT2D eigenvalue weighted by Crippen LogP contribution is 2.45. The highest BCUT2D eigenvalue weighted by atomic mass is 32.2. The van der Waals surface area contributed by atoms with Gasteiger partial charge in [-0.2, -0.15) is 0 Å². The van der Waals surface area contributed by atoms with E-state index in [2.05, 4.69) is 49.6 Å². The zero-order chi connectivity index (χ0) is 27.1. The molecule has 0 radical (unpaired) electrons. The minimum atomic E-state index is 0.122. The van der Waals surface area contributed by atoms with Crippen molar-refractivity contribution in [2.45, 2.75) is 43.3 Å². The number of fused-ring (bicyclic) bond motifs is 1. The van der Waals surface area contributed by atoms with Crippen LogP contribution < -0.4 is 0 Å². The van der Waals surface area contributed by atoms with E-state index < -0.39 is 0 Å². The maximum atomic E-state index is 11.9. The second kappa shape index (κ2) is 15.5. The van der Waals surface area contributed by atoms with Crippen molar-refractivity contribution in [2.75, 3.05) is 34.5 Å². The van der Waals surface area contributed by atoms with Crippen LogP contribution in [0.1, 0.15) is 13.8 Å². The van der Waals surface area contributed by atoms with E-state index in [1.165, 1.54) is 44.1 Å². The van der Waals surface area contributed by atoms with E-state index in [-0.39, 0.29) is 10.2 Å². The molecule has 4 unspecified atom stereocenters. The first-order valence-corrected chi connectivity index (χ1v) is 20.2. The summed E-state index contributed by atoms with van der Waals surface area (Å²) in [7, 11) is 0. The SMILES string of the molecule is C=C(C)C(=O)SCC1CSC(CSc2ccc(SCC3SCC(CSC(=O)C(=C)C)S3)c3ccccc23)S1. The lowest BCUT2D eigenvalue weighted by molar-refractivity contribution is -0.108. The van der Waals surface area contributed by atoms with Crippen LogP contribution >= 0.6 is 94.1 Å². The number of rotatable bonds is 12. The van der Waals surface area contributed by atoms with Crippen molar-refractivity contribution in [3.63, 3.8) is 0 Å². The van der Waals surface area contributed by atoms with E-state index in [0.717, 1.165) is 34.5 Å².